The lowest BCUT2D eigenvalue weighted by atomic mass is 9.86. The summed E-state index contributed by atoms with van der Waals surface area (Å²) in [6.07, 6.45) is 5.26. The molecule has 0 radical (unpaired) electrons. The van der Waals surface area contributed by atoms with Crippen molar-refractivity contribution in [2.24, 2.45) is 11.1 Å². The molecule has 14 heavy (non-hydrogen) atoms. The Bertz CT molecular complexity index is 219. The van der Waals surface area contributed by atoms with Gasteiger partial charge in [0.05, 0.1) is 6.61 Å². The Labute approximate surface area is 83.9 Å². The van der Waals surface area contributed by atoms with Crippen LogP contribution in [0.2, 0.25) is 0 Å². The SMILES string of the molecule is CCOC(=O)/C(=N\O)C1CCCCC1. The largest absolute Gasteiger partial charge is 0.461 e. The van der Waals surface area contributed by atoms with Gasteiger partial charge in [0.2, 0.25) is 0 Å². The minimum absolute atomic E-state index is 0.0906. The molecule has 0 aliphatic heterocycles. The maximum absolute atomic E-state index is 11.4. The van der Waals surface area contributed by atoms with Gasteiger partial charge >= 0.3 is 5.97 Å². The number of nitrogens with zero attached hydrogens (tertiary/aromatic N) is 1. The van der Waals surface area contributed by atoms with Crippen LogP contribution in [0.3, 0.4) is 0 Å². The van der Waals surface area contributed by atoms with Gasteiger partial charge in [-0.25, -0.2) is 4.79 Å². The Morgan fingerprint density at radius 3 is 2.57 bits per heavy atom. The van der Waals surface area contributed by atoms with Gasteiger partial charge in [0.25, 0.3) is 0 Å². The van der Waals surface area contributed by atoms with Crippen molar-refractivity contribution in [2.45, 2.75) is 39.0 Å². The normalized spacial score (nSPS) is 19.4. The minimum atomic E-state index is -0.470. The van der Waals surface area contributed by atoms with E-state index in [0.717, 1.165) is 25.7 Å². The lowest BCUT2D eigenvalue weighted by Crippen LogP contribution is -2.27. The minimum Gasteiger partial charge on any atom is -0.461 e. The molecule has 1 aliphatic rings. The standard InChI is InChI=1S/C10H17NO3/c1-2-14-10(12)9(11-13)8-6-4-3-5-7-8/h8,13H,2-7H2,1H3/b11-9-. The molecule has 0 unspecified atom stereocenters. The number of carbonyl (C=O) groups is 1. The fraction of sp³-hybridized carbons (Fsp3) is 0.800. The van der Waals surface area contributed by atoms with Crippen LogP contribution in [0.15, 0.2) is 5.16 Å². The van der Waals surface area contributed by atoms with E-state index in [9.17, 15) is 4.79 Å². The molecule has 1 rings (SSSR count). The molecule has 1 saturated carbocycles. The number of rotatable bonds is 3. The van der Waals surface area contributed by atoms with Gasteiger partial charge in [0, 0.05) is 5.92 Å². The van der Waals surface area contributed by atoms with Crippen LogP contribution in [0.4, 0.5) is 0 Å². The van der Waals surface area contributed by atoms with E-state index in [1.807, 2.05) is 0 Å². The molecule has 1 aliphatic carbocycles. The number of oxime groups is 1. The molecule has 4 nitrogen and oxygen atoms in total. The maximum atomic E-state index is 11.4. The highest BCUT2D eigenvalue weighted by molar-refractivity contribution is 6.37. The van der Waals surface area contributed by atoms with Crippen molar-refractivity contribution in [3.05, 3.63) is 0 Å². The third-order valence-corrected chi connectivity index (χ3v) is 2.58. The van der Waals surface area contributed by atoms with E-state index in [2.05, 4.69) is 5.16 Å². The van der Waals surface area contributed by atoms with Crippen molar-refractivity contribution in [2.75, 3.05) is 6.61 Å². The molecule has 0 spiro atoms. The van der Waals surface area contributed by atoms with Crippen molar-refractivity contribution in [1.82, 2.24) is 0 Å². The highest BCUT2D eigenvalue weighted by atomic mass is 16.5. The Kier molecular flexibility index (Phi) is 4.43. The highest BCUT2D eigenvalue weighted by Crippen LogP contribution is 2.25. The number of hydrogen-bond donors (Lipinski definition) is 1. The van der Waals surface area contributed by atoms with Crippen LogP contribution in [0.1, 0.15) is 39.0 Å². The van der Waals surface area contributed by atoms with E-state index < -0.39 is 5.97 Å². The predicted molar refractivity (Wildman–Crippen MR) is 52.4 cm³/mol. The van der Waals surface area contributed by atoms with E-state index >= 15 is 0 Å². The van der Waals surface area contributed by atoms with Gasteiger partial charge in [-0.2, -0.15) is 0 Å². The van der Waals surface area contributed by atoms with Gasteiger partial charge in [0.15, 0.2) is 5.71 Å². The van der Waals surface area contributed by atoms with Crippen molar-refractivity contribution < 1.29 is 14.7 Å². The van der Waals surface area contributed by atoms with Crippen LogP contribution >= 0.6 is 0 Å². The molecule has 0 amide bonds. The van der Waals surface area contributed by atoms with Gasteiger partial charge in [0.1, 0.15) is 0 Å². The zero-order valence-corrected chi connectivity index (χ0v) is 8.53. The van der Waals surface area contributed by atoms with Crippen LogP contribution in [0, 0.1) is 5.92 Å². The molecule has 4 heteroatoms. The molecule has 1 N–H and O–H groups in total. The van der Waals surface area contributed by atoms with Gasteiger partial charge in [-0.05, 0) is 19.8 Å². The van der Waals surface area contributed by atoms with Crippen molar-refractivity contribution >= 4 is 11.7 Å². The summed E-state index contributed by atoms with van der Waals surface area (Å²) in [5.74, 6) is -0.380. The topological polar surface area (TPSA) is 58.9 Å². The van der Waals surface area contributed by atoms with Crippen molar-refractivity contribution in [1.29, 1.82) is 0 Å². The molecule has 0 bridgehead atoms. The summed E-state index contributed by atoms with van der Waals surface area (Å²) in [5.41, 5.74) is 0.201. The Morgan fingerprint density at radius 1 is 1.43 bits per heavy atom. The second-order valence-corrected chi connectivity index (χ2v) is 3.54. The summed E-state index contributed by atoms with van der Waals surface area (Å²) >= 11 is 0. The smallest absolute Gasteiger partial charge is 0.356 e. The molecule has 0 atom stereocenters. The number of ether oxygens (including phenoxy) is 1. The first kappa shape index (κ1) is 11.0. The third kappa shape index (κ3) is 2.72. The molecular formula is C10H17NO3. The van der Waals surface area contributed by atoms with Gasteiger partial charge < -0.3 is 9.94 Å². The zero-order chi connectivity index (χ0) is 10.4. The lowest BCUT2D eigenvalue weighted by Gasteiger charge is -2.20. The first-order valence-electron chi connectivity index (χ1n) is 5.18. The van der Waals surface area contributed by atoms with Crippen LogP contribution in [0.5, 0.6) is 0 Å². The van der Waals surface area contributed by atoms with E-state index in [1.54, 1.807) is 6.92 Å². The number of esters is 1. The molecule has 80 valence electrons. The van der Waals surface area contributed by atoms with Gasteiger partial charge in [-0.3, -0.25) is 0 Å². The fourth-order valence-corrected chi connectivity index (χ4v) is 1.87. The van der Waals surface area contributed by atoms with E-state index in [4.69, 9.17) is 9.94 Å². The maximum Gasteiger partial charge on any atom is 0.356 e. The number of hydrogen-bond acceptors (Lipinski definition) is 4. The average molecular weight is 199 g/mol. The third-order valence-electron chi connectivity index (χ3n) is 2.58. The van der Waals surface area contributed by atoms with E-state index in [1.165, 1.54) is 6.42 Å². The monoisotopic (exact) mass is 199 g/mol. The zero-order valence-electron chi connectivity index (χ0n) is 8.53. The van der Waals surface area contributed by atoms with Crippen molar-refractivity contribution in [3.63, 3.8) is 0 Å². The second kappa shape index (κ2) is 5.62. The summed E-state index contributed by atoms with van der Waals surface area (Å²) in [4.78, 5) is 11.4. The number of carbonyl (C=O) groups excluding carboxylic acids is 1. The molecule has 0 heterocycles. The lowest BCUT2D eigenvalue weighted by molar-refractivity contribution is -0.135. The van der Waals surface area contributed by atoms with Crippen LogP contribution < -0.4 is 0 Å². The average Bonchev–Trinajstić information content (AvgIpc) is 2.21. The Hall–Kier alpha value is -1.06. The summed E-state index contributed by atoms with van der Waals surface area (Å²) in [6.45, 7) is 2.07. The molecule has 0 aromatic heterocycles. The Balaban J connectivity index is 2.56. The quantitative estimate of drug-likeness (QED) is 0.327. The molecular weight excluding hydrogens is 182 g/mol. The highest BCUT2D eigenvalue weighted by Gasteiger charge is 2.26. The molecule has 0 saturated heterocycles. The molecule has 0 aromatic carbocycles. The van der Waals surface area contributed by atoms with E-state index in [0.29, 0.717) is 6.61 Å². The van der Waals surface area contributed by atoms with E-state index in [-0.39, 0.29) is 11.6 Å². The summed E-state index contributed by atoms with van der Waals surface area (Å²) in [5, 5.41) is 11.8. The molecule has 1 fully saturated rings. The first-order valence-corrected chi connectivity index (χ1v) is 5.18. The van der Waals surface area contributed by atoms with Crippen LogP contribution in [-0.2, 0) is 9.53 Å². The van der Waals surface area contributed by atoms with Crippen molar-refractivity contribution in [3.8, 4) is 0 Å². The summed E-state index contributed by atoms with van der Waals surface area (Å²) in [6, 6.07) is 0. The van der Waals surface area contributed by atoms with Gasteiger partial charge in [-0.15, -0.1) is 0 Å². The second-order valence-electron chi connectivity index (χ2n) is 3.54. The van der Waals surface area contributed by atoms with Crippen LogP contribution in [0.25, 0.3) is 0 Å². The molecule has 0 aromatic rings. The fourth-order valence-electron chi connectivity index (χ4n) is 1.87. The summed E-state index contributed by atoms with van der Waals surface area (Å²) in [7, 11) is 0. The predicted octanol–water partition coefficient (Wildman–Crippen LogP) is 1.96. The summed E-state index contributed by atoms with van der Waals surface area (Å²) < 4.78 is 4.82. The Morgan fingerprint density at radius 2 is 2.07 bits per heavy atom. The van der Waals surface area contributed by atoms with Gasteiger partial charge in [-0.1, -0.05) is 24.4 Å². The first-order chi connectivity index (χ1) is 6.79. The van der Waals surface area contributed by atoms with Crippen LogP contribution in [-0.4, -0.2) is 23.5 Å².